The lowest BCUT2D eigenvalue weighted by atomic mass is 10.1. The van der Waals surface area contributed by atoms with Gasteiger partial charge in [0.1, 0.15) is 5.75 Å². The number of benzene rings is 1. The number of rotatable bonds is 7. The van der Waals surface area contributed by atoms with Gasteiger partial charge in [0.25, 0.3) is 0 Å². The summed E-state index contributed by atoms with van der Waals surface area (Å²) in [5.74, 6) is 0.501. The van der Waals surface area contributed by atoms with E-state index in [0.29, 0.717) is 17.4 Å². The van der Waals surface area contributed by atoms with Crippen molar-refractivity contribution in [2.24, 2.45) is 0 Å². The Morgan fingerprint density at radius 3 is 2.68 bits per heavy atom. The van der Waals surface area contributed by atoms with Gasteiger partial charge in [-0.05, 0) is 25.1 Å². The van der Waals surface area contributed by atoms with Crippen LogP contribution in [0.5, 0.6) is 5.75 Å². The molecular weight excluding hydrogens is 394 g/mol. The Hall–Kier alpha value is -2.71. The van der Waals surface area contributed by atoms with Crippen LogP contribution in [-0.2, 0) is 22.6 Å². The standard InChI is InChI=1S/C20H21N3O3S2/c1-12-19(17-9-8-15(28-17)11-21-13(2)24)23-20(27-12)22-18(25)10-14-6-4-5-7-16(14)26-3/h4-9H,10-11H2,1-3H3,(H,21,24)(H,22,23,25). The highest BCUT2D eigenvalue weighted by Crippen LogP contribution is 2.34. The second kappa shape index (κ2) is 8.99. The highest BCUT2D eigenvalue weighted by Gasteiger charge is 2.15. The van der Waals surface area contributed by atoms with E-state index in [4.69, 9.17) is 4.74 Å². The van der Waals surface area contributed by atoms with Gasteiger partial charge in [-0.1, -0.05) is 18.2 Å². The zero-order valence-corrected chi connectivity index (χ0v) is 17.5. The van der Waals surface area contributed by atoms with Crippen molar-refractivity contribution in [3.05, 3.63) is 51.7 Å². The zero-order valence-electron chi connectivity index (χ0n) is 15.9. The van der Waals surface area contributed by atoms with E-state index in [1.54, 1.807) is 18.4 Å². The first kappa shape index (κ1) is 20.0. The lowest BCUT2D eigenvalue weighted by Gasteiger charge is -2.07. The van der Waals surface area contributed by atoms with Gasteiger partial charge in [0.05, 0.1) is 30.6 Å². The Labute approximate surface area is 171 Å². The topological polar surface area (TPSA) is 80.3 Å². The summed E-state index contributed by atoms with van der Waals surface area (Å²) in [7, 11) is 1.59. The largest absolute Gasteiger partial charge is 0.496 e. The van der Waals surface area contributed by atoms with Crippen LogP contribution in [0.4, 0.5) is 5.13 Å². The molecule has 0 fully saturated rings. The van der Waals surface area contributed by atoms with Crippen LogP contribution in [-0.4, -0.2) is 23.9 Å². The summed E-state index contributed by atoms with van der Waals surface area (Å²) in [6.45, 7) is 3.99. The van der Waals surface area contributed by atoms with Crippen LogP contribution < -0.4 is 15.4 Å². The summed E-state index contributed by atoms with van der Waals surface area (Å²) in [6.07, 6.45) is 0.220. The van der Waals surface area contributed by atoms with Crippen molar-refractivity contribution in [3.63, 3.8) is 0 Å². The van der Waals surface area contributed by atoms with Crippen LogP contribution in [0.3, 0.4) is 0 Å². The normalized spacial score (nSPS) is 10.5. The van der Waals surface area contributed by atoms with Gasteiger partial charge in [-0.2, -0.15) is 0 Å². The van der Waals surface area contributed by atoms with E-state index in [1.165, 1.54) is 18.3 Å². The van der Waals surface area contributed by atoms with E-state index in [0.717, 1.165) is 25.9 Å². The van der Waals surface area contributed by atoms with Crippen molar-refractivity contribution in [2.45, 2.75) is 26.8 Å². The first-order chi connectivity index (χ1) is 13.5. The van der Waals surface area contributed by atoms with Gasteiger partial charge in [0.2, 0.25) is 11.8 Å². The number of thiazole rings is 1. The number of ether oxygens (including phenoxy) is 1. The molecule has 0 aliphatic rings. The number of carbonyl (C=O) groups excluding carboxylic acids is 2. The maximum atomic E-state index is 12.4. The molecule has 0 saturated heterocycles. The van der Waals surface area contributed by atoms with Crippen LogP contribution in [0.15, 0.2) is 36.4 Å². The zero-order chi connectivity index (χ0) is 20.1. The molecule has 0 saturated carbocycles. The molecule has 0 aliphatic carbocycles. The maximum Gasteiger partial charge on any atom is 0.230 e. The predicted octanol–water partition coefficient (Wildman–Crippen LogP) is 4.01. The van der Waals surface area contributed by atoms with Crippen molar-refractivity contribution in [2.75, 3.05) is 12.4 Å². The van der Waals surface area contributed by atoms with E-state index < -0.39 is 0 Å². The molecule has 1 aromatic carbocycles. The number of anilines is 1. The second-order valence-electron chi connectivity index (χ2n) is 6.14. The van der Waals surface area contributed by atoms with E-state index in [9.17, 15) is 9.59 Å². The van der Waals surface area contributed by atoms with E-state index in [-0.39, 0.29) is 18.2 Å². The number of aryl methyl sites for hydroxylation is 1. The van der Waals surface area contributed by atoms with Crippen molar-refractivity contribution in [3.8, 4) is 16.3 Å². The first-order valence-corrected chi connectivity index (χ1v) is 10.3. The number of para-hydroxylation sites is 1. The molecule has 0 bridgehead atoms. The molecule has 2 N–H and O–H groups in total. The third-order valence-electron chi connectivity index (χ3n) is 3.99. The molecule has 0 radical (unpaired) electrons. The number of nitrogens with one attached hydrogen (secondary N) is 2. The van der Waals surface area contributed by atoms with Crippen LogP contribution in [0.1, 0.15) is 22.2 Å². The summed E-state index contributed by atoms with van der Waals surface area (Å²) in [5, 5.41) is 6.24. The minimum Gasteiger partial charge on any atom is -0.496 e. The molecule has 0 unspecified atom stereocenters. The molecule has 3 aromatic rings. The molecule has 2 heterocycles. The lowest BCUT2D eigenvalue weighted by Crippen LogP contribution is -2.17. The van der Waals surface area contributed by atoms with Crippen molar-refractivity contribution < 1.29 is 14.3 Å². The van der Waals surface area contributed by atoms with Gasteiger partial charge in [-0.15, -0.1) is 22.7 Å². The van der Waals surface area contributed by atoms with Crippen LogP contribution in [0.25, 0.3) is 10.6 Å². The molecule has 28 heavy (non-hydrogen) atoms. The summed E-state index contributed by atoms with van der Waals surface area (Å²) >= 11 is 3.03. The third kappa shape index (κ3) is 4.96. The smallest absolute Gasteiger partial charge is 0.230 e. The average Bonchev–Trinajstić information content (AvgIpc) is 3.26. The van der Waals surface area contributed by atoms with Crippen LogP contribution >= 0.6 is 22.7 Å². The highest BCUT2D eigenvalue weighted by atomic mass is 32.1. The fraction of sp³-hybridized carbons (Fsp3) is 0.250. The number of carbonyl (C=O) groups is 2. The Kier molecular flexibility index (Phi) is 6.43. The van der Waals surface area contributed by atoms with E-state index in [1.807, 2.05) is 43.3 Å². The summed E-state index contributed by atoms with van der Waals surface area (Å²) in [4.78, 5) is 31.2. The molecule has 6 nitrogen and oxygen atoms in total. The number of nitrogens with zero attached hydrogens (tertiary/aromatic N) is 1. The quantitative estimate of drug-likeness (QED) is 0.611. The predicted molar refractivity (Wildman–Crippen MR) is 113 cm³/mol. The molecule has 8 heteroatoms. The number of hydrogen-bond donors (Lipinski definition) is 2. The van der Waals surface area contributed by atoms with Crippen molar-refractivity contribution >= 4 is 39.6 Å². The molecule has 0 atom stereocenters. The SMILES string of the molecule is COc1ccccc1CC(=O)Nc1nc(-c2ccc(CNC(C)=O)s2)c(C)s1. The van der Waals surface area contributed by atoms with Crippen molar-refractivity contribution in [1.82, 2.24) is 10.3 Å². The minimum absolute atomic E-state index is 0.0557. The van der Waals surface area contributed by atoms with Gasteiger partial charge >= 0.3 is 0 Å². The number of methoxy groups -OCH3 is 1. The summed E-state index contributed by atoms with van der Waals surface area (Å²) in [5.41, 5.74) is 1.69. The molecule has 0 spiro atoms. The molecule has 3 rings (SSSR count). The third-order valence-corrected chi connectivity index (χ3v) is 5.97. The van der Waals surface area contributed by atoms with Crippen molar-refractivity contribution in [1.29, 1.82) is 0 Å². The molecule has 0 aliphatic heterocycles. The number of aromatic nitrogens is 1. The minimum atomic E-state index is -0.137. The Morgan fingerprint density at radius 1 is 1.14 bits per heavy atom. The summed E-state index contributed by atoms with van der Waals surface area (Å²) in [6, 6.07) is 11.4. The van der Waals surface area contributed by atoms with Crippen LogP contribution in [0, 0.1) is 6.92 Å². The fourth-order valence-electron chi connectivity index (χ4n) is 2.68. The first-order valence-electron chi connectivity index (χ1n) is 8.69. The number of hydrogen-bond acceptors (Lipinski definition) is 6. The molecular formula is C20H21N3O3S2. The molecule has 2 amide bonds. The van der Waals surface area contributed by atoms with E-state index >= 15 is 0 Å². The Bertz CT molecular complexity index is 994. The van der Waals surface area contributed by atoms with Gasteiger partial charge in [0.15, 0.2) is 5.13 Å². The second-order valence-corrected chi connectivity index (χ2v) is 8.51. The van der Waals surface area contributed by atoms with Gasteiger partial charge in [-0.25, -0.2) is 4.98 Å². The number of thiophene rings is 1. The lowest BCUT2D eigenvalue weighted by molar-refractivity contribution is -0.119. The summed E-state index contributed by atoms with van der Waals surface area (Å²) < 4.78 is 5.30. The van der Waals surface area contributed by atoms with Gasteiger partial charge in [-0.3, -0.25) is 9.59 Å². The molecule has 2 aromatic heterocycles. The monoisotopic (exact) mass is 415 g/mol. The number of amides is 2. The average molecular weight is 416 g/mol. The maximum absolute atomic E-state index is 12.4. The highest BCUT2D eigenvalue weighted by molar-refractivity contribution is 7.18. The Morgan fingerprint density at radius 2 is 1.93 bits per heavy atom. The van der Waals surface area contributed by atoms with Crippen LogP contribution in [0.2, 0.25) is 0 Å². The van der Waals surface area contributed by atoms with Gasteiger partial charge < -0.3 is 15.4 Å². The Balaban J connectivity index is 1.68. The van der Waals surface area contributed by atoms with E-state index in [2.05, 4.69) is 15.6 Å². The molecule has 146 valence electrons. The van der Waals surface area contributed by atoms with Gasteiger partial charge in [0, 0.05) is 22.2 Å². The fourth-order valence-corrected chi connectivity index (χ4v) is 4.58.